The number of rotatable bonds is 11. The first-order valence-electron chi connectivity index (χ1n) is 12.4. The van der Waals surface area contributed by atoms with Gasteiger partial charge in [0.05, 0.1) is 30.5 Å². The highest BCUT2D eigenvalue weighted by atomic mass is 32.2. The minimum atomic E-state index is -3.43. The number of hydrazone groups is 1. The number of carbonyl (C=O) groups excluding carboxylic acids is 1. The molecule has 10 heteroatoms. The number of piperazine rings is 1. The van der Waals surface area contributed by atoms with Crippen LogP contribution in [0, 0.1) is 0 Å². The summed E-state index contributed by atoms with van der Waals surface area (Å²) >= 11 is 0. The number of amides is 1. The van der Waals surface area contributed by atoms with Gasteiger partial charge in [0.15, 0.2) is 15.6 Å². The molecule has 1 aliphatic rings. The van der Waals surface area contributed by atoms with Crippen LogP contribution in [0.3, 0.4) is 0 Å². The molecular weight excluding hydrogens is 504 g/mol. The van der Waals surface area contributed by atoms with Gasteiger partial charge in [-0.25, -0.2) is 13.8 Å². The average molecular weight is 541 g/mol. The van der Waals surface area contributed by atoms with Gasteiger partial charge in [-0.05, 0) is 37.1 Å². The van der Waals surface area contributed by atoms with E-state index in [1.54, 1.807) is 50.3 Å². The molecule has 1 aliphatic heterocycles. The third kappa shape index (κ3) is 8.27. The Balaban J connectivity index is 1.50. The molecule has 1 amide bonds. The number of allylic oxidation sites excluding steroid dienone is 3. The van der Waals surface area contributed by atoms with Crippen LogP contribution in [0.5, 0.6) is 0 Å². The molecule has 2 N–H and O–H groups in total. The summed E-state index contributed by atoms with van der Waals surface area (Å²) in [4.78, 5) is 17.0. The average Bonchev–Trinajstić information content (AvgIpc) is 2.93. The van der Waals surface area contributed by atoms with Crippen molar-refractivity contribution in [3.63, 3.8) is 0 Å². The highest BCUT2D eigenvalue weighted by molar-refractivity contribution is 7.90. The van der Waals surface area contributed by atoms with Crippen LogP contribution >= 0.6 is 0 Å². The van der Waals surface area contributed by atoms with Gasteiger partial charge >= 0.3 is 0 Å². The van der Waals surface area contributed by atoms with Crippen LogP contribution in [0.2, 0.25) is 0 Å². The standard InChI is InChI=1S/C28H36N4O5S/c1-4-23(28(34)22(2)37-3)18-29-30-27(33)20-32-16-14-31(15-17-32)19-24-10-8-9-11-25(24)21-38(35,36)26-12-6-5-7-13-26/h4-13,18,34H,14-17,19-21H2,1-3H3,(H,30,33)/b23-4-,28-22-,29-18+. The first-order chi connectivity index (χ1) is 18.2. The Morgan fingerprint density at radius 2 is 1.63 bits per heavy atom. The van der Waals surface area contributed by atoms with Crippen molar-refractivity contribution in [2.24, 2.45) is 5.10 Å². The SMILES string of the molecule is C/C=C(/C=N/NC(=O)CN1CCN(Cc2ccccc2CS(=O)(=O)c2ccccc2)CC1)C(\O)=C(/C)OC. The number of sulfone groups is 1. The first kappa shape index (κ1) is 29.1. The van der Waals surface area contributed by atoms with Crippen molar-refractivity contribution in [1.82, 2.24) is 15.2 Å². The van der Waals surface area contributed by atoms with E-state index in [0.717, 1.165) is 24.2 Å². The number of nitrogens with zero attached hydrogens (tertiary/aromatic N) is 3. The van der Waals surface area contributed by atoms with E-state index in [9.17, 15) is 18.3 Å². The lowest BCUT2D eigenvalue weighted by Crippen LogP contribution is -2.48. The predicted molar refractivity (Wildman–Crippen MR) is 148 cm³/mol. The third-order valence-electron chi connectivity index (χ3n) is 6.41. The van der Waals surface area contributed by atoms with Gasteiger partial charge < -0.3 is 9.84 Å². The molecule has 1 fully saturated rings. The lowest BCUT2D eigenvalue weighted by molar-refractivity contribution is -0.122. The molecule has 1 saturated heterocycles. The van der Waals surface area contributed by atoms with Crippen LogP contribution < -0.4 is 5.43 Å². The molecule has 0 atom stereocenters. The number of hydrogen-bond donors (Lipinski definition) is 2. The Hall–Kier alpha value is -3.47. The van der Waals surface area contributed by atoms with Gasteiger partial charge in [0.1, 0.15) is 5.76 Å². The number of ether oxygens (including phenoxy) is 1. The van der Waals surface area contributed by atoms with Crippen molar-refractivity contribution in [1.29, 1.82) is 0 Å². The maximum Gasteiger partial charge on any atom is 0.254 e. The number of methoxy groups -OCH3 is 1. The number of hydrogen-bond acceptors (Lipinski definition) is 8. The van der Waals surface area contributed by atoms with Gasteiger partial charge in [-0.1, -0.05) is 48.5 Å². The van der Waals surface area contributed by atoms with Crippen molar-refractivity contribution in [2.75, 3.05) is 39.8 Å². The molecule has 0 aliphatic carbocycles. The molecule has 38 heavy (non-hydrogen) atoms. The molecule has 3 rings (SSSR count). The predicted octanol–water partition coefficient (Wildman–Crippen LogP) is 3.26. The van der Waals surface area contributed by atoms with Gasteiger partial charge in [0.25, 0.3) is 5.91 Å². The van der Waals surface area contributed by atoms with Crippen LogP contribution in [-0.2, 0) is 31.7 Å². The second kappa shape index (κ2) is 13.9. The molecule has 0 bridgehead atoms. The van der Waals surface area contributed by atoms with Gasteiger partial charge in [0.2, 0.25) is 0 Å². The van der Waals surface area contributed by atoms with E-state index in [1.165, 1.54) is 13.3 Å². The quantitative estimate of drug-likeness (QED) is 0.195. The van der Waals surface area contributed by atoms with Crippen LogP contribution in [0.1, 0.15) is 25.0 Å². The zero-order chi connectivity index (χ0) is 27.5. The summed E-state index contributed by atoms with van der Waals surface area (Å²) in [6.07, 6.45) is 3.05. The molecule has 2 aromatic rings. The van der Waals surface area contributed by atoms with E-state index in [-0.39, 0.29) is 24.0 Å². The van der Waals surface area contributed by atoms with Crippen LogP contribution in [0.25, 0.3) is 0 Å². The highest BCUT2D eigenvalue weighted by Gasteiger charge is 2.21. The highest BCUT2D eigenvalue weighted by Crippen LogP contribution is 2.20. The summed E-state index contributed by atoms with van der Waals surface area (Å²) in [5, 5.41) is 14.0. The topological polar surface area (TPSA) is 112 Å². The summed E-state index contributed by atoms with van der Waals surface area (Å²) in [6, 6.07) is 16.2. The maximum absolute atomic E-state index is 12.9. The fourth-order valence-electron chi connectivity index (χ4n) is 4.10. The third-order valence-corrected chi connectivity index (χ3v) is 8.09. The van der Waals surface area contributed by atoms with Crippen molar-refractivity contribution in [3.05, 3.63) is 88.9 Å². The number of nitrogens with one attached hydrogen (secondary N) is 1. The van der Waals surface area contributed by atoms with E-state index in [4.69, 9.17) is 4.74 Å². The first-order valence-corrected chi connectivity index (χ1v) is 14.1. The second-order valence-corrected chi connectivity index (χ2v) is 11.0. The molecule has 2 aromatic carbocycles. The van der Waals surface area contributed by atoms with Gasteiger partial charge in [-0.3, -0.25) is 14.6 Å². The lowest BCUT2D eigenvalue weighted by Gasteiger charge is -2.34. The summed E-state index contributed by atoms with van der Waals surface area (Å²) in [5.41, 5.74) is 4.74. The molecule has 204 valence electrons. The molecule has 1 heterocycles. The van der Waals surface area contributed by atoms with E-state index in [2.05, 4.69) is 20.3 Å². The van der Waals surface area contributed by atoms with Crippen molar-refractivity contribution < 1.29 is 23.1 Å². The summed E-state index contributed by atoms with van der Waals surface area (Å²) in [5.74, 6) is 0.0348. The molecule has 0 radical (unpaired) electrons. The Kier molecular flexibility index (Phi) is 10.6. The van der Waals surface area contributed by atoms with Crippen molar-refractivity contribution in [2.45, 2.75) is 31.0 Å². The van der Waals surface area contributed by atoms with E-state index >= 15 is 0 Å². The maximum atomic E-state index is 12.9. The summed E-state index contributed by atoms with van der Waals surface area (Å²) in [7, 11) is -1.97. The molecule has 0 saturated carbocycles. The Labute approximate surface area is 225 Å². The number of carbonyl (C=O) groups is 1. The molecule has 0 aromatic heterocycles. The Morgan fingerprint density at radius 1 is 1.03 bits per heavy atom. The minimum Gasteiger partial charge on any atom is -0.504 e. The lowest BCUT2D eigenvalue weighted by atomic mass is 10.1. The zero-order valence-electron chi connectivity index (χ0n) is 22.1. The smallest absolute Gasteiger partial charge is 0.254 e. The van der Waals surface area contributed by atoms with Gasteiger partial charge in [-0.15, -0.1) is 0 Å². The Bertz CT molecular complexity index is 1280. The molecule has 0 spiro atoms. The molecule has 0 unspecified atom stereocenters. The number of aliphatic hydroxyl groups excluding tert-OH is 1. The molecular formula is C28H36N4O5S. The number of aliphatic hydroxyl groups is 1. The Morgan fingerprint density at radius 3 is 2.26 bits per heavy atom. The normalized spacial score (nSPS) is 16.3. The summed E-state index contributed by atoms with van der Waals surface area (Å²) < 4.78 is 30.8. The monoisotopic (exact) mass is 540 g/mol. The summed E-state index contributed by atoms with van der Waals surface area (Å²) in [6.45, 7) is 7.17. The van der Waals surface area contributed by atoms with Gasteiger partial charge in [0, 0.05) is 38.3 Å². The van der Waals surface area contributed by atoms with Crippen LogP contribution in [0.15, 0.2) is 87.8 Å². The van der Waals surface area contributed by atoms with E-state index in [1.807, 2.05) is 24.3 Å². The van der Waals surface area contributed by atoms with Crippen molar-refractivity contribution >= 4 is 22.0 Å². The largest absolute Gasteiger partial charge is 0.504 e. The van der Waals surface area contributed by atoms with Gasteiger partial charge in [-0.2, -0.15) is 5.10 Å². The minimum absolute atomic E-state index is 0.0386. The molecule has 9 nitrogen and oxygen atoms in total. The van der Waals surface area contributed by atoms with Crippen LogP contribution in [0.4, 0.5) is 0 Å². The fraction of sp³-hybridized carbons (Fsp3) is 0.357. The zero-order valence-corrected chi connectivity index (χ0v) is 22.9. The fourth-order valence-corrected chi connectivity index (χ4v) is 5.53. The number of benzene rings is 2. The van der Waals surface area contributed by atoms with Crippen molar-refractivity contribution in [3.8, 4) is 0 Å². The second-order valence-electron chi connectivity index (χ2n) is 9.04. The van der Waals surface area contributed by atoms with E-state index in [0.29, 0.717) is 35.9 Å². The van der Waals surface area contributed by atoms with Crippen LogP contribution in [-0.4, -0.2) is 75.3 Å². The van der Waals surface area contributed by atoms with E-state index < -0.39 is 9.84 Å².